The first-order valence-corrected chi connectivity index (χ1v) is 7.77. The number of fused-ring (bicyclic) bond motifs is 1. The van der Waals surface area contributed by atoms with E-state index in [1.165, 1.54) is 29.7 Å². The van der Waals surface area contributed by atoms with Gasteiger partial charge in [0.15, 0.2) is 0 Å². The Morgan fingerprint density at radius 1 is 1.11 bits per heavy atom. The maximum Gasteiger partial charge on any atom is 0.279 e. The molecule has 1 saturated carbocycles. The lowest BCUT2D eigenvalue weighted by atomic mass is 10.1. The van der Waals surface area contributed by atoms with E-state index in [0.717, 1.165) is 25.7 Å². The summed E-state index contributed by atoms with van der Waals surface area (Å²) in [6.07, 6.45) is 7.75. The molecule has 3 rings (SSSR count). The van der Waals surface area contributed by atoms with E-state index < -0.39 is 0 Å². The molecule has 1 fully saturated rings. The van der Waals surface area contributed by atoms with Crippen molar-refractivity contribution < 1.29 is 9.59 Å². The van der Waals surface area contributed by atoms with Gasteiger partial charge in [0.1, 0.15) is 0 Å². The molecule has 0 spiro atoms. The molecule has 5 heteroatoms. The van der Waals surface area contributed by atoms with Crippen LogP contribution in [-0.4, -0.2) is 11.8 Å². The van der Waals surface area contributed by atoms with Crippen molar-refractivity contribution in [2.75, 3.05) is 0 Å². The Balaban J connectivity index is 1.61. The van der Waals surface area contributed by atoms with Crippen LogP contribution in [0.25, 0.3) is 0 Å². The fourth-order valence-corrected chi connectivity index (χ4v) is 3.56. The predicted molar refractivity (Wildman–Crippen MR) is 73.9 cm³/mol. The molecule has 2 N–H and O–H groups in total. The number of hydrogen-bond acceptors (Lipinski definition) is 3. The van der Waals surface area contributed by atoms with Gasteiger partial charge in [-0.2, -0.15) is 0 Å². The SMILES string of the molecule is O=C(NNC(=O)C1CC1)c1cc2c(s1)CCCCC2. The zero-order valence-electron chi connectivity index (χ0n) is 10.8. The zero-order chi connectivity index (χ0) is 13.2. The van der Waals surface area contributed by atoms with Gasteiger partial charge in [-0.25, -0.2) is 0 Å². The smallest absolute Gasteiger partial charge is 0.273 e. The summed E-state index contributed by atoms with van der Waals surface area (Å²) < 4.78 is 0. The maximum atomic E-state index is 12.0. The average Bonchev–Trinajstić information content (AvgIpc) is 3.21. The zero-order valence-corrected chi connectivity index (χ0v) is 11.6. The molecule has 0 atom stereocenters. The van der Waals surface area contributed by atoms with Crippen LogP contribution >= 0.6 is 11.3 Å². The number of hydrazine groups is 1. The van der Waals surface area contributed by atoms with E-state index in [1.54, 1.807) is 11.3 Å². The molecule has 2 aliphatic rings. The predicted octanol–water partition coefficient (Wildman–Crippen LogP) is 2.19. The van der Waals surface area contributed by atoms with Gasteiger partial charge in [-0.1, -0.05) is 6.42 Å². The van der Waals surface area contributed by atoms with Gasteiger partial charge in [0.25, 0.3) is 5.91 Å². The third kappa shape index (κ3) is 2.97. The monoisotopic (exact) mass is 278 g/mol. The van der Waals surface area contributed by atoms with Crippen molar-refractivity contribution in [3.05, 3.63) is 21.4 Å². The summed E-state index contributed by atoms with van der Waals surface area (Å²) >= 11 is 1.57. The molecule has 102 valence electrons. The van der Waals surface area contributed by atoms with E-state index in [0.29, 0.717) is 4.88 Å². The fourth-order valence-electron chi connectivity index (χ4n) is 2.41. The maximum absolute atomic E-state index is 12.0. The van der Waals surface area contributed by atoms with Gasteiger partial charge in [0.05, 0.1) is 4.88 Å². The number of nitrogens with one attached hydrogen (secondary N) is 2. The first kappa shape index (κ1) is 12.7. The summed E-state index contributed by atoms with van der Waals surface area (Å²) in [6, 6.07) is 1.99. The molecule has 0 unspecified atom stereocenters. The normalized spacial score (nSPS) is 18.3. The van der Waals surface area contributed by atoms with Crippen LogP contribution in [0.3, 0.4) is 0 Å². The van der Waals surface area contributed by atoms with E-state index in [9.17, 15) is 9.59 Å². The Morgan fingerprint density at radius 2 is 1.89 bits per heavy atom. The fraction of sp³-hybridized carbons (Fsp3) is 0.571. The minimum atomic E-state index is -0.188. The molecule has 0 saturated heterocycles. The Morgan fingerprint density at radius 3 is 2.68 bits per heavy atom. The average molecular weight is 278 g/mol. The van der Waals surface area contributed by atoms with Crippen molar-refractivity contribution >= 4 is 23.2 Å². The molecular formula is C14H18N2O2S. The molecule has 4 nitrogen and oxygen atoms in total. The van der Waals surface area contributed by atoms with Crippen LogP contribution in [0.5, 0.6) is 0 Å². The Kier molecular flexibility index (Phi) is 3.55. The van der Waals surface area contributed by atoms with Gasteiger partial charge in [0, 0.05) is 10.8 Å². The van der Waals surface area contributed by atoms with E-state index in [4.69, 9.17) is 0 Å². The molecule has 1 aromatic rings. The summed E-state index contributed by atoms with van der Waals surface area (Å²) in [6.45, 7) is 0. The second-order valence-electron chi connectivity index (χ2n) is 5.34. The molecule has 1 aromatic heterocycles. The number of rotatable bonds is 2. The number of amides is 2. The highest BCUT2D eigenvalue weighted by Gasteiger charge is 2.30. The van der Waals surface area contributed by atoms with Gasteiger partial charge < -0.3 is 0 Å². The van der Waals surface area contributed by atoms with E-state index in [-0.39, 0.29) is 17.7 Å². The van der Waals surface area contributed by atoms with Gasteiger partial charge in [-0.05, 0) is 50.2 Å². The van der Waals surface area contributed by atoms with Gasteiger partial charge in [-0.15, -0.1) is 11.3 Å². The van der Waals surface area contributed by atoms with Crippen LogP contribution in [0, 0.1) is 5.92 Å². The molecule has 19 heavy (non-hydrogen) atoms. The molecule has 2 aliphatic carbocycles. The Hall–Kier alpha value is -1.36. The lowest BCUT2D eigenvalue weighted by molar-refractivity contribution is -0.123. The van der Waals surface area contributed by atoms with Crippen molar-refractivity contribution in [2.24, 2.45) is 5.92 Å². The molecule has 0 radical (unpaired) electrons. The highest BCUT2D eigenvalue weighted by atomic mass is 32.1. The molecular weight excluding hydrogens is 260 g/mol. The van der Waals surface area contributed by atoms with Crippen molar-refractivity contribution in [3.8, 4) is 0 Å². The number of thiophene rings is 1. The molecule has 0 bridgehead atoms. The van der Waals surface area contributed by atoms with Crippen molar-refractivity contribution in [1.29, 1.82) is 0 Å². The van der Waals surface area contributed by atoms with E-state index in [2.05, 4.69) is 10.9 Å². The summed E-state index contributed by atoms with van der Waals surface area (Å²) in [5.41, 5.74) is 6.34. The topological polar surface area (TPSA) is 58.2 Å². The largest absolute Gasteiger partial charge is 0.279 e. The highest BCUT2D eigenvalue weighted by molar-refractivity contribution is 7.14. The standard InChI is InChI=1S/C14H18N2O2S/c17-13(9-6-7-9)15-16-14(18)12-8-10-4-2-1-3-5-11(10)19-12/h8-9H,1-7H2,(H,15,17)(H,16,18). The second kappa shape index (κ2) is 5.33. The van der Waals surface area contributed by atoms with Crippen molar-refractivity contribution in [2.45, 2.75) is 44.9 Å². The minimum absolute atomic E-state index is 0.0635. The van der Waals surface area contributed by atoms with Crippen LogP contribution in [-0.2, 0) is 17.6 Å². The van der Waals surface area contributed by atoms with Crippen LogP contribution in [0.2, 0.25) is 0 Å². The van der Waals surface area contributed by atoms with E-state index in [1.807, 2.05) is 6.07 Å². The molecule has 1 heterocycles. The van der Waals surface area contributed by atoms with Crippen LogP contribution in [0.15, 0.2) is 6.07 Å². The lowest BCUT2D eigenvalue weighted by Crippen LogP contribution is -2.42. The summed E-state index contributed by atoms with van der Waals surface area (Å²) in [5.74, 6) is -0.140. The number of carbonyl (C=O) groups excluding carboxylic acids is 2. The number of hydrogen-bond donors (Lipinski definition) is 2. The summed E-state index contributed by atoms with van der Waals surface area (Å²) in [5, 5.41) is 0. The summed E-state index contributed by atoms with van der Waals surface area (Å²) in [4.78, 5) is 25.5. The Labute approximate surface area is 116 Å². The quantitative estimate of drug-likeness (QED) is 0.643. The van der Waals surface area contributed by atoms with E-state index >= 15 is 0 Å². The third-order valence-corrected chi connectivity index (χ3v) is 4.95. The van der Waals surface area contributed by atoms with Gasteiger partial charge in [-0.3, -0.25) is 20.4 Å². The number of aryl methyl sites for hydroxylation is 2. The second-order valence-corrected chi connectivity index (χ2v) is 6.47. The Bertz CT molecular complexity index is 482. The minimum Gasteiger partial charge on any atom is -0.273 e. The first-order chi connectivity index (χ1) is 9.24. The van der Waals surface area contributed by atoms with Crippen molar-refractivity contribution in [3.63, 3.8) is 0 Å². The van der Waals surface area contributed by atoms with Crippen LogP contribution in [0.1, 0.15) is 52.2 Å². The van der Waals surface area contributed by atoms with Crippen molar-refractivity contribution in [1.82, 2.24) is 10.9 Å². The van der Waals surface area contributed by atoms with Gasteiger partial charge >= 0.3 is 0 Å². The molecule has 2 amide bonds. The molecule has 0 aliphatic heterocycles. The highest BCUT2D eigenvalue weighted by Crippen LogP contribution is 2.29. The molecule has 0 aromatic carbocycles. The lowest BCUT2D eigenvalue weighted by Gasteiger charge is -2.04. The third-order valence-electron chi connectivity index (χ3n) is 3.72. The summed E-state index contributed by atoms with van der Waals surface area (Å²) in [7, 11) is 0. The first-order valence-electron chi connectivity index (χ1n) is 6.96. The van der Waals surface area contributed by atoms with Crippen LogP contribution in [0.4, 0.5) is 0 Å². The number of carbonyl (C=O) groups is 2. The van der Waals surface area contributed by atoms with Gasteiger partial charge in [0.2, 0.25) is 5.91 Å². The van der Waals surface area contributed by atoms with Crippen LogP contribution < -0.4 is 10.9 Å².